The largest absolute Gasteiger partial charge is 0.334 e. The van der Waals surface area contributed by atoms with Crippen LogP contribution in [0.25, 0.3) is 11.5 Å². The van der Waals surface area contributed by atoms with Gasteiger partial charge in [0, 0.05) is 4.47 Å². The van der Waals surface area contributed by atoms with Gasteiger partial charge in [-0.25, -0.2) is 0 Å². The van der Waals surface area contributed by atoms with Crippen LogP contribution in [0.4, 0.5) is 0 Å². The Hall–Kier alpha value is -0.870. The van der Waals surface area contributed by atoms with Gasteiger partial charge in [0.05, 0.1) is 11.4 Å². The third kappa shape index (κ3) is 2.06. The summed E-state index contributed by atoms with van der Waals surface area (Å²) >= 11 is 9.09. The third-order valence-corrected chi connectivity index (χ3v) is 3.30. The molecule has 0 aliphatic heterocycles. The highest BCUT2D eigenvalue weighted by Gasteiger charge is 2.12. The molecule has 3 nitrogen and oxygen atoms in total. The summed E-state index contributed by atoms with van der Waals surface area (Å²) in [7, 11) is 0. The molecule has 5 heteroatoms. The Bertz CT molecular complexity index is 484. The second-order valence-corrected chi connectivity index (χ2v) is 4.15. The zero-order chi connectivity index (χ0) is 10.8. The number of alkyl halides is 1. The van der Waals surface area contributed by atoms with Gasteiger partial charge >= 0.3 is 0 Å². The second-order valence-electron chi connectivity index (χ2n) is 3.09. The van der Waals surface area contributed by atoms with Crippen LogP contribution >= 0.6 is 27.5 Å². The average Bonchev–Trinajstić information content (AvgIpc) is 2.70. The topological polar surface area (TPSA) is 38.9 Å². The van der Waals surface area contributed by atoms with E-state index >= 15 is 0 Å². The van der Waals surface area contributed by atoms with Crippen LogP contribution in [0.5, 0.6) is 0 Å². The van der Waals surface area contributed by atoms with Gasteiger partial charge in [-0.3, -0.25) is 0 Å². The minimum atomic E-state index is 0.257. The smallest absolute Gasteiger partial charge is 0.259 e. The Labute approximate surface area is 101 Å². The van der Waals surface area contributed by atoms with Crippen LogP contribution in [0, 0.1) is 6.92 Å². The molecule has 0 saturated carbocycles. The fraction of sp³-hybridized carbons (Fsp3) is 0.200. The van der Waals surface area contributed by atoms with Gasteiger partial charge in [0.15, 0.2) is 5.82 Å². The van der Waals surface area contributed by atoms with E-state index in [1.165, 1.54) is 0 Å². The maximum atomic E-state index is 5.60. The standard InChI is InChI=1S/C10H8BrClN2O/c1-6-3-2-4-7(9(6)11)10-13-8(5-12)14-15-10/h2-4H,5H2,1H3. The maximum Gasteiger partial charge on any atom is 0.259 e. The molecule has 0 saturated heterocycles. The predicted molar refractivity (Wildman–Crippen MR) is 61.7 cm³/mol. The van der Waals surface area contributed by atoms with Crippen LogP contribution in [0.3, 0.4) is 0 Å². The number of rotatable bonds is 2. The van der Waals surface area contributed by atoms with E-state index in [1.54, 1.807) is 0 Å². The molecule has 1 heterocycles. The number of hydrogen-bond donors (Lipinski definition) is 0. The summed E-state index contributed by atoms with van der Waals surface area (Å²) < 4.78 is 6.07. The molecule has 0 spiro atoms. The Morgan fingerprint density at radius 3 is 2.93 bits per heavy atom. The van der Waals surface area contributed by atoms with E-state index in [0.717, 1.165) is 15.6 Å². The van der Waals surface area contributed by atoms with Gasteiger partial charge in [-0.2, -0.15) is 4.98 Å². The van der Waals surface area contributed by atoms with Gasteiger partial charge in [0.1, 0.15) is 0 Å². The molecule has 15 heavy (non-hydrogen) atoms. The van der Waals surface area contributed by atoms with Crippen molar-refractivity contribution in [3.63, 3.8) is 0 Å². The summed E-state index contributed by atoms with van der Waals surface area (Å²) in [6.07, 6.45) is 0. The van der Waals surface area contributed by atoms with Crippen LogP contribution < -0.4 is 0 Å². The van der Waals surface area contributed by atoms with E-state index in [0.29, 0.717) is 11.7 Å². The van der Waals surface area contributed by atoms with Gasteiger partial charge in [-0.05, 0) is 34.5 Å². The lowest BCUT2D eigenvalue weighted by molar-refractivity contribution is 0.425. The van der Waals surface area contributed by atoms with Crippen molar-refractivity contribution in [2.24, 2.45) is 0 Å². The zero-order valence-corrected chi connectivity index (χ0v) is 10.3. The first kappa shape index (κ1) is 10.6. The maximum absolute atomic E-state index is 5.60. The number of nitrogens with zero attached hydrogens (tertiary/aromatic N) is 2. The molecule has 1 aromatic carbocycles. The van der Waals surface area contributed by atoms with Crippen molar-refractivity contribution in [3.8, 4) is 11.5 Å². The summed E-state index contributed by atoms with van der Waals surface area (Å²) in [5.41, 5.74) is 2.01. The van der Waals surface area contributed by atoms with Crippen LogP contribution in [0.2, 0.25) is 0 Å². The third-order valence-electron chi connectivity index (χ3n) is 2.01. The number of aryl methyl sites for hydroxylation is 1. The summed E-state index contributed by atoms with van der Waals surface area (Å²) in [6.45, 7) is 2.01. The van der Waals surface area contributed by atoms with Gasteiger partial charge in [0.25, 0.3) is 5.89 Å². The van der Waals surface area contributed by atoms with Crippen LogP contribution in [0.1, 0.15) is 11.4 Å². The zero-order valence-electron chi connectivity index (χ0n) is 8.00. The Balaban J connectivity index is 2.49. The van der Waals surface area contributed by atoms with Crippen LogP contribution in [-0.4, -0.2) is 10.1 Å². The van der Waals surface area contributed by atoms with E-state index in [1.807, 2.05) is 25.1 Å². The SMILES string of the molecule is Cc1cccc(-c2nc(CCl)no2)c1Br. The van der Waals surface area contributed by atoms with E-state index in [2.05, 4.69) is 26.1 Å². The number of aromatic nitrogens is 2. The molecular weight excluding hydrogens is 279 g/mol. The molecule has 0 aliphatic carbocycles. The molecule has 0 N–H and O–H groups in total. The first-order valence-corrected chi connectivity index (χ1v) is 5.69. The molecule has 0 bridgehead atoms. The first-order valence-electron chi connectivity index (χ1n) is 4.36. The number of hydrogen-bond acceptors (Lipinski definition) is 3. The fourth-order valence-corrected chi connectivity index (χ4v) is 1.77. The highest BCUT2D eigenvalue weighted by molar-refractivity contribution is 9.10. The van der Waals surface area contributed by atoms with Crippen molar-refractivity contribution in [2.75, 3.05) is 0 Å². The van der Waals surface area contributed by atoms with Crippen molar-refractivity contribution < 1.29 is 4.52 Å². The summed E-state index contributed by atoms with van der Waals surface area (Å²) in [6, 6.07) is 5.87. The normalized spacial score (nSPS) is 10.6. The van der Waals surface area contributed by atoms with E-state index < -0.39 is 0 Å². The quantitative estimate of drug-likeness (QED) is 0.793. The molecule has 0 amide bonds. The lowest BCUT2D eigenvalue weighted by Crippen LogP contribution is -1.84. The van der Waals surface area contributed by atoms with Crippen molar-refractivity contribution in [1.82, 2.24) is 10.1 Å². The monoisotopic (exact) mass is 286 g/mol. The molecule has 0 atom stereocenters. The Kier molecular flexibility index (Phi) is 3.07. The molecular formula is C10H8BrClN2O. The summed E-state index contributed by atoms with van der Waals surface area (Å²) in [4.78, 5) is 4.16. The summed E-state index contributed by atoms with van der Waals surface area (Å²) in [5.74, 6) is 1.24. The Morgan fingerprint density at radius 1 is 1.47 bits per heavy atom. The van der Waals surface area contributed by atoms with Gasteiger partial charge in [-0.1, -0.05) is 17.3 Å². The van der Waals surface area contributed by atoms with Crippen molar-refractivity contribution in [3.05, 3.63) is 34.1 Å². The lowest BCUT2D eigenvalue weighted by Gasteiger charge is -2.01. The fourth-order valence-electron chi connectivity index (χ4n) is 1.23. The molecule has 1 aromatic heterocycles. The predicted octanol–water partition coefficient (Wildman–Crippen LogP) is 3.55. The molecule has 2 aromatic rings. The van der Waals surface area contributed by atoms with Crippen LogP contribution in [-0.2, 0) is 5.88 Å². The van der Waals surface area contributed by atoms with Gasteiger partial charge in [-0.15, -0.1) is 11.6 Å². The van der Waals surface area contributed by atoms with Crippen molar-refractivity contribution in [1.29, 1.82) is 0 Å². The second kappa shape index (κ2) is 4.33. The molecule has 0 radical (unpaired) electrons. The summed E-state index contributed by atoms with van der Waals surface area (Å²) in [5, 5.41) is 3.74. The average molecular weight is 288 g/mol. The molecule has 2 rings (SSSR count). The number of halogens is 2. The van der Waals surface area contributed by atoms with Gasteiger partial charge < -0.3 is 4.52 Å². The Morgan fingerprint density at radius 2 is 2.27 bits per heavy atom. The first-order chi connectivity index (χ1) is 7.22. The lowest BCUT2D eigenvalue weighted by atomic mass is 10.1. The highest BCUT2D eigenvalue weighted by atomic mass is 79.9. The molecule has 0 unspecified atom stereocenters. The van der Waals surface area contributed by atoms with E-state index in [4.69, 9.17) is 16.1 Å². The van der Waals surface area contributed by atoms with E-state index in [9.17, 15) is 0 Å². The van der Waals surface area contributed by atoms with Crippen molar-refractivity contribution in [2.45, 2.75) is 12.8 Å². The van der Waals surface area contributed by atoms with Crippen LogP contribution in [0.15, 0.2) is 27.2 Å². The molecule has 0 aliphatic rings. The van der Waals surface area contributed by atoms with Gasteiger partial charge in [0.2, 0.25) is 0 Å². The molecule has 78 valence electrons. The minimum absolute atomic E-state index is 0.257. The van der Waals surface area contributed by atoms with E-state index in [-0.39, 0.29) is 5.88 Å². The molecule has 0 fully saturated rings. The number of benzene rings is 1. The van der Waals surface area contributed by atoms with Crippen molar-refractivity contribution >= 4 is 27.5 Å². The highest BCUT2D eigenvalue weighted by Crippen LogP contribution is 2.29. The minimum Gasteiger partial charge on any atom is -0.334 e.